The van der Waals surface area contributed by atoms with Crippen molar-refractivity contribution < 1.29 is 9.53 Å². The Morgan fingerprint density at radius 1 is 1.31 bits per heavy atom. The summed E-state index contributed by atoms with van der Waals surface area (Å²) in [7, 11) is 3.43. The summed E-state index contributed by atoms with van der Waals surface area (Å²) in [5, 5.41) is 6.73. The molecule has 2 rings (SSSR count). The molecule has 1 amide bonds. The van der Waals surface area contributed by atoms with Crippen LogP contribution in [0.4, 0.5) is 0 Å². The van der Waals surface area contributed by atoms with Crippen molar-refractivity contribution in [1.29, 1.82) is 0 Å². The molecule has 1 aliphatic rings. The normalized spacial score (nSPS) is 13.9. The maximum absolute atomic E-state index is 11.6. The number of benzene rings is 1. The van der Waals surface area contributed by atoms with Crippen LogP contribution in [0, 0.1) is 0 Å². The van der Waals surface area contributed by atoms with Gasteiger partial charge in [0.2, 0.25) is 0 Å². The van der Waals surface area contributed by atoms with Crippen LogP contribution in [-0.4, -0.2) is 50.1 Å². The van der Waals surface area contributed by atoms with Crippen molar-refractivity contribution in [3.05, 3.63) is 42.0 Å². The van der Waals surface area contributed by atoms with Gasteiger partial charge in [-0.15, -0.1) is 24.0 Å². The fraction of sp³-hybridized carbons (Fsp3) is 0.474. The summed E-state index contributed by atoms with van der Waals surface area (Å²) in [5.74, 6) is 1.44. The number of guanidine groups is 1. The Labute approximate surface area is 173 Å². The minimum absolute atomic E-state index is 0. The number of ether oxygens (including phenoxy) is 1. The van der Waals surface area contributed by atoms with Crippen LogP contribution in [-0.2, 0) is 11.3 Å². The van der Waals surface area contributed by atoms with Crippen molar-refractivity contribution >= 4 is 35.8 Å². The van der Waals surface area contributed by atoms with E-state index in [9.17, 15) is 4.79 Å². The second kappa shape index (κ2) is 11.8. The van der Waals surface area contributed by atoms with E-state index < -0.39 is 0 Å². The Hall–Kier alpha value is -1.77. The molecule has 0 bridgehead atoms. The second-order valence-electron chi connectivity index (χ2n) is 6.20. The van der Waals surface area contributed by atoms with Crippen molar-refractivity contribution in [2.45, 2.75) is 32.4 Å². The van der Waals surface area contributed by atoms with Crippen molar-refractivity contribution in [2.24, 2.45) is 4.99 Å². The molecule has 0 radical (unpaired) electrons. The molecule has 0 saturated heterocycles. The van der Waals surface area contributed by atoms with Crippen LogP contribution in [0.25, 0.3) is 0 Å². The van der Waals surface area contributed by atoms with Gasteiger partial charge in [-0.25, -0.2) is 4.99 Å². The number of aliphatic imine (C=N–C) groups is 1. The summed E-state index contributed by atoms with van der Waals surface area (Å²) in [6, 6.07) is 8.12. The lowest BCUT2D eigenvalue weighted by molar-refractivity contribution is -0.130. The smallest absolute Gasteiger partial charge is 0.259 e. The summed E-state index contributed by atoms with van der Waals surface area (Å²) in [6.45, 7) is 3.47. The number of carbonyl (C=O) groups is 1. The van der Waals surface area contributed by atoms with E-state index in [2.05, 4.69) is 34.7 Å². The number of amides is 1. The van der Waals surface area contributed by atoms with Gasteiger partial charge < -0.3 is 20.3 Å². The van der Waals surface area contributed by atoms with Crippen LogP contribution < -0.4 is 15.4 Å². The predicted molar refractivity (Wildman–Crippen MR) is 116 cm³/mol. The monoisotopic (exact) mass is 472 g/mol. The maximum Gasteiger partial charge on any atom is 0.259 e. The average molecular weight is 472 g/mol. The van der Waals surface area contributed by atoms with E-state index in [1.807, 2.05) is 24.3 Å². The van der Waals surface area contributed by atoms with Gasteiger partial charge in [-0.2, -0.15) is 0 Å². The number of nitrogens with one attached hydrogen (secondary N) is 2. The fourth-order valence-electron chi connectivity index (χ4n) is 2.43. The molecule has 0 heterocycles. The highest BCUT2D eigenvalue weighted by atomic mass is 127. The van der Waals surface area contributed by atoms with Gasteiger partial charge >= 0.3 is 0 Å². The fourth-order valence-corrected chi connectivity index (χ4v) is 2.43. The second-order valence-corrected chi connectivity index (χ2v) is 6.20. The number of halogens is 1. The van der Waals surface area contributed by atoms with Crippen LogP contribution in [0.2, 0.25) is 0 Å². The molecule has 0 aliphatic heterocycles. The van der Waals surface area contributed by atoms with E-state index in [1.165, 1.54) is 4.90 Å². The van der Waals surface area contributed by atoms with Gasteiger partial charge in [0, 0.05) is 26.7 Å². The Morgan fingerprint density at radius 2 is 2.04 bits per heavy atom. The summed E-state index contributed by atoms with van der Waals surface area (Å²) >= 11 is 0. The number of hydrogen-bond acceptors (Lipinski definition) is 3. The quantitative estimate of drug-likeness (QED) is 0.277. The van der Waals surface area contributed by atoms with E-state index in [0.29, 0.717) is 18.3 Å². The highest BCUT2D eigenvalue weighted by molar-refractivity contribution is 14.0. The van der Waals surface area contributed by atoms with Crippen LogP contribution in [0.15, 0.2) is 41.4 Å². The summed E-state index contributed by atoms with van der Waals surface area (Å²) in [5.41, 5.74) is 1.04. The van der Waals surface area contributed by atoms with Gasteiger partial charge in [-0.1, -0.05) is 24.3 Å². The SMILES string of the molecule is CCNC(=NCc1cccc(OCC(=O)N(C)C)c1)NC1CC=CC1.I. The number of carbonyl (C=O) groups excluding carboxylic acids is 1. The van der Waals surface area contributed by atoms with E-state index >= 15 is 0 Å². The zero-order chi connectivity index (χ0) is 18.1. The molecule has 2 N–H and O–H groups in total. The minimum atomic E-state index is -0.0628. The van der Waals surface area contributed by atoms with Crippen LogP contribution in [0.3, 0.4) is 0 Å². The Morgan fingerprint density at radius 3 is 2.69 bits per heavy atom. The lowest BCUT2D eigenvalue weighted by atomic mass is 10.2. The van der Waals surface area contributed by atoms with Crippen LogP contribution >= 0.6 is 24.0 Å². The van der Waals surface area contributed by atoms with Crippen LogP contribution in [0.5, 0.6) is 5.75 Å². The molecular weight excluding hydrogens is 443 g/mol. The van der Waals surface area contributed by atoms with Gasteiger partial charge in [0.1, 0.15) is 5.75 Å². The van der Waals surface area contributed by atoms with Gasteiger partial charge in [-0.3, -0.25) is 4.79 Å². The third kappa shape index (κ3) is 7.63. The zero-order valence-electron chi connectivity index (χ0n) is 15.7. The first-order chi connectivity index (χ1) is 12.1. The molecule has 0 spiro atoms. The third-order valence-corrected chi connectivity index (χ3v) is 3.87. The Bertz CT molecular complexity index is 624. The summed E-state index contributed by atoms with van der Waals surface area (Å²) in [4.78, 5) is 17.8. The minimum Gasteiger partial charge on any atom is -0.484 e. The van der Waals surface area contributed by atoms with Gasteiger partial charge in [-0.05, 0) is 37.5 Å². The molecule has 0 saturated carbocycles. The Balaban J connectivity index is 0.00000338. The number of likely N-dealkylation sites (N-methyl/N-ethyl adjacent to an activating group) is 1. The first-order valence-corrected chi connectivity index (χ1v) is 8.70. The summed E-state index contributed by atoms with van der Waals surface area (Å²) < 4.78 is 5.55. The van der Waals surface area contributed by atoms with Gasteiger partial charge in [0.25, 0.3) is 5.91 Å². The van der Waals surface area contributed by atoms with E-state index in [4.69, 9.17) is 4.74 Å². The lowest BCUT2D eigenvalue weighted by Gasteiger charge is -2.16. The topological polar surface area (TPSA) is 66.0 Å². The van der Waals surface area contributed by atoms with E-state index in [-0.39, 0.29) is 36.5 Å². The molecule has 1 aromatic carbocycles. The molecule has 1 aliphatic carbocycles. The van der Waals surface area contributed by atoms with Crippen LogP contribution in [0.1, 0.15) is 25.3 Å². The maximum atomic E-state index is 11.6. The van der Waals surface area contributed by atoms with E-state index in [1.54, 1.807) is 14.1 Å². The van der Waals surface area contributed by atoms with Crippen molar-refractivity contribution in [1.82, 2.24) is 15.5 Å². The van der Waals surface area contributed by atoms with Gasteiger partial charge in [0.05, 0.1) is 6.54 Å². The van der Waals surface area contributed by atoms with Crippen molar-refractivity contribution in [3.63, 3.8) is 0 Å². The molecule has 1 aromatic rings. The zero-order valence-corrected chi connectivity index (χ0v) is 18.0. The first kappa shape index (κ1) is 22.3. The highest BCUT2D eigenvalue weighted by Crippen LogP contribution is 2.14. The van der Waals surface area contributed by atoms with Gasteiger partial charge in [0.15, 0.2) is 12.6 Å². The van der Waals surface area contributed by atoms with Crippen molar-refractivity contribution in [2.75, 3.05) is 27.2 Å². The third-order valence-electron chi connectivity index (χ3n) is 3.87. The summed E-state index contributed by atoms with van der Waals surface area (Å²) in [6.07, 6.45) is 6.45. The molecule has 6 nitrogen and oxygen atoms in total. The highest BCUT2D eigenvalue weighted by Gasteiger charge is 2.11. The molecule has 0 fully saturated rings. The molecule has 0 atom stereocenters. The molecule has 26 heavy (non-hydrogen) atoms. The molecular formula is C19H29IN4O2. The predicted octanol–water partition coefficient (Wildman–Crippen LogP) is 2.55. The van der Waals surface area contributed by atoms with Crippen molar-refractivity contribution in [3.8, 4) is 5.75 Å². The number of rotatable bonds is 7. The lowest BCUT2D eigenvalue weighted by Crippen LogP contribution is -2.42. The largest absolute Gasteiger partial charge is 0.484 e. The number of hydrogen-bond donors (Lipinski definition) is 2. The average Bonchev–Trinajstić information content (AvgIpc) is 3.11. The molecule has 0 aromatic heterocycles. The molecule has 7 heteroatoms. The molecule has 0 unspecified atom stereocenters. The van der Waals surface area contributed by atoms with E-state index in [0.717, 1.165) is 30.9 Å². The number of nitrogens with zero attached hydrogens (tertiary/aromatic N) is 2. The standard InChI is InChI=1S/C19H28N4O2.HI/c1-4-20-19(22-16-9-5-6-10-16)21-13-15-8-7-11-17(12-15)25-14-18(24)23(2)3;/h5-8,11-12,16H,4,9-10,13-14H2,1-3H3,(H2,20,21,22);1H. The Kier molecular flexibility index (Phi) is 10.1. The molecule has 144 valence electrons. The first-order valence-electron chi connectivity index (χ1n) is 8.70.